The predicted molar refractivity (Wildman–Crippen MR) is 73.6 cm³/mol. The Kier molecular flexibility index (Phi) is 3.91. The van der Waals surface area contributed by atoms with Crippen molar-refractivity contribution in [2.75, 3.05) is 14.2 Å². The molecule has 0 atom stereocenters. The van der Waals surface area contributed by atoms with Crippen LogP contribution in [0.3, 0.4) is 0 Å². The lowest BCUT2D eigenvalue weighted by atomic mass is 9.75. The average Bonchev–Trinajstić information content (AvgIpc) is 2.41. The van der Waals surface area contributed by atoms with Gasteiger partial charge >= 0.3 is 0 Å². The summed E-state index contributed by atoms with van der Waals surface area (Å²) in [6.07, 6.45) is 0.0267. The topological polar surface area (TPSA) is 44.5 Å². The number of benzene rings is 1. The SMILES string of the molecule is COc1cc(C)cc(OC)c1C1(N)CCC(F)(F)CC1. The van der Waals surface area contributed by atoms with Crippen molar-refractivity contribution in [1.82, 2.24) is 0 Å². The van der Waals surface area contributed by atoms with E-state index >= 15 is 0 Å². The van der Waals surface area contributed by atoms with Crippen LogP contribution in [-0.4, -0.2) is 20.1 Å². The molecule has 1 fully saturated rings. The molecule has 1 aliphatic rings. The van der Waals surface area contributed by atoms with Crippen LogP contribution >= 0.6 is 0 Å². The van der Waals surface area contributed by atoms with E-state index in [1.807, 2.05) is 19.1 Å². The van der Waals surface area contributed by atoms with Crippen LogP contribution in [0.5, 0.6) is 11.5 Å². The molecule has 1 aliphatic carbocycles. The Hall–Kier alpha value is -1.36. The van der Waals surface area contributed by atoms with Crippen molar-refractivity contribution in [2.24, 2.45) is 5.73 Å². The molecule has 1 aromatic carbocycles. The summed E-state index contributed by atoms with van der Waals surface area (Å²) >= 11 is 0. The summed E-state index contributed by atoms with van der Waals surface area (Å²) in [6.45, 7) is 1.92. The van der Waals surface area contributed by atoms with Crippen LogP contribution in [0.1, 0.15) is 36.8 Å². The number of alkyl halides is 2. The highest BCUT2D eigenvalue weighted by molar-refractivity contribution is 5.52. The molecule has 5 heteroatoms. The van der Waals surface area contributed by atoms with Crippen LogP contribution in [0.25, 0.3) is 0 Å². The van der Waals surface area contributed by atoms with Gasteiger partial charge in [0, 0.05) is 18.4 Å². The van der Waals surface area contributed by atoms with Gasteiger partial charge in [-0.05, 0) is 37.5 Å². The first-order chi connectivity index (χ1) is 9.31. The molecule has 0 aromatic heterocycles. The van der Waals surface area contributed by atoms with Crippen molar-refractivity contribution in [3.63, 3.8) is 0 Å². The maximum absolute atomic E-state index is 13.4. The van der Waals surface area contributed by atoms with Crippen molar-refractivity contribution in [1.29, 1.82) is 0 Å². The average molecular weight is 285 g/mol. The molecular formula is C15H21F2NO2. The summed E-state index contributed by atoms with van der Waals surface area (Å²) in [5.41, 5.74) is 7.26. The Morgan fingerprint density at radius 1 is 1.00 bits per heavy atom. The minimum atomic E-state index is -2.62. The van der Waals surface area contributed by atoms with E-state index in [-0.39, 0.29) is 25.7 Å². The summed E-state index contributed by atoms with van der Waals surface area (Å²) in [5.74, 6) is -1.40. The number of methoxy groups -OCH3 is 2. The third-order valence-corrected chi connectivity index (χ3v) is 4.02. The Morgan fingerprint density at radius 3 is 1.85 bits per heavy atom. The Balaban J connectivity index is 2.46. The molecule has 112 valence electrons. The third kappa shape index (κ3) is 2.73. The molecular weight excluding hydrogens is 264 g/mol. The molecule has 0 unspecified atom stereocenters. The van der Waals surface area contributed by atoms with Crippen LogP contribution < -0.4 is 15.2 Å². The number of hydrogen-bond acceptors (Lipinski definition) is 3. The van der Waals surface area contributed by atoms with Gasteiger partial charge in [0.05, 0.1) is 19.8 Å². The quantitative estimate of drug-likeness (QED) is 0.926. The Labute approximate surface area is 118 Å². The predicted octanol–water partition coefficient (Wildman–Crippen LogP) is 3.38. The highest BCUT2D eigenvalue weighted by Gasteiger charge is 2.44. The second kappa shape index (κ2) is 5.20. The molecule has 0 aliphatic heterocycles. The smallest absolute Gasteiger partial charge is 0.248 e. The minimum absolute atomic E-state index is 0.205. The normalized spacial score (nSPS) is 20.5. The first kappa shape index (κ1) is 15.0. The second-order valence-electron chi connectivity index (χ2n) is 5.56. The maximum atomic E-state index is 13.4. The molecule has 1 aromatic rings. The van der Waals surface area contributed by atoms with Crippen molar-refractivity contribution in [3.8, 4) is 11.5 Å². The summed E-state index contributed by atoms with van der Waals surface area (Å²) in [7, 11) is 3.11. The van der Waals surface area contributed by atoms with Crippen LogP contribution in [0.4, 0.5) is 8.78 Å². The first-order valence-corrected chi connectivity index (χ1v) is 6.71. The van der Waals surface area contributed by atoms with E-state index < -0.39 is 11.5 Å². The monoisotopic (exact) mass is 285 g/mol. The molecule has 0 radical (unpaired) electrons. The van der Waals surface area contributed by atoms with E-state index in [0.29, 0.717) is 17.1 Å². The molecule has 0 amide bonds. The second-order valence-corrected chi connectivity index (χ2v) is 5.56. The van der Waals surface area contributed by atoms with Crippen LogP contribution in [0, 0.1) is 6.92 Å². The molecule has 0 bridgehead atoms. The van der Waals surface area contributed by atoms with Gasteiger partial charge in [-0.2, -0.15) is 0 Å². The summed E-state index contributed by atoms with van der Waals surface area (Å²) in [5, 5.41) is 0. The summed E-state index contributed by atoms with van der Waals surface area (Å²) in [6, 6.07) is 3.72. The Bertz CT molecular complexity index is 468. The van der Waals surface area contributed by atoms with Crippen molar-refractivity contribution in [2.45, 2.75) is 44.1 Å². The van der Waals surface area contributed by atoms with Gasteiger partial charge in [0.2, 0.25) is 5.92 Å². The van der Waals surface area contributed by atoms with Crippen molar-refractivity contribution >= 4 is 0 Å². The minimum Gasteiger partial charge on any atom is -0.496 e. The molecule has 1 saturated carbocycles. The zero-order valence-corrected chi connectivity index (χ0v) is 12.1. The fraction of sp³-hybridized carbons (Fsp3) is 0.600. The lowest BCUT2D eigenvalue weighted by Gasteiger charge is -2.38. The van der Waals surface area contributed by atoms with Gasteiger partial charge in [0.25, 0.3) is 0 Å². The molecule has 0 heterocycles. The van der Waals surface area contributed by atoms with E-state index in [1.54, 1.807) is 14.2 Å². The van der Waals surface area contributed by atoms with E-state index in [4.69, 9.17) is 15.2 Å². The van der Waals surface area contributed by atoms with Crippen LogP contribution in [0.15, 0.2) is 12.1 Å². The van der Waals surface area contributed by atoms with Gasteiger partial charge in [-0.25, -0.2) is 8.78 Å². The molecule has 3 nitrogen and oxygen atoms in total. The number of hydrogen-bond donors (Lipinski definition) is 1. The number of halogens is 2. The standard InChI is InChI=1S/C15H21F2NO2/c1-10-8-11(19-2)13(12(9-10)20-3)14(18)4-6-15(16,17)7-5-14/h8-9H,4-7,18H2,1-3H3. The number of aryl methyl sites for hydroxylation is 1. The highest BCUT2D eigenvalue weighted by Crippen LogP contribution is 2.48. The largest absolute Gasteiger partial charge is 0.496 e. The van der Waals surface area contributed by atoms with E-state index in [9.17, 15) is 8.78 Å². The van der Waals surface area contributed by atoms with Gasteiger partial charge in [0.15, 0.2) is 0 Å². The molecule has 0 saturated heterocycles. The lowest BCUT2D eigenvalue weighted by molar-refractivity contribution is -0.0518. The van der Waals surface area contributed by atoms with Crippen molar-refractivity contribution < 1.29 is 18.3 Å². The zero-order chi connectivity index (χ0) is 15.0. The fourth-order valence-corrected chi connectivity index (χ4v) is 2.85. The van der Waals surface area contributed by atoms with Gasteiger partial charge in [0.1, 0.15) is 11.5 Å². The van der Waals surface area contributed by atoms with E-state index in [0.717, 1.165) is 5.56 Å². The fourth-order valence-electron chi connectivity index (χ4n) is 2.85. The highest BCUT2D eigenvalue weighted by atomic mass is 19.3. The summed E-state index contributed by atoms with van der Waals surface area (Å²) in [4.78, 5) is 0. The maximum Gasteiger partial charge on any atom is 0.248 e. The molecule has 2 N–H and O–H groups in total. The first-order valence-electron chi connectivity index (χ1n) is 6.71. The van der Waals surface area contributed by atoms with Gasteiger partial charge in [-0.15, -0.1) is 0 Å². The zero-order valence-electron chi connectivity index (χ0n) is 12.1. The van der Waals surface area contributed by atoms with Crippen LogP contribution in [0.2, 0.25) is 0 Å². The third-order valence-electron chi connectivity index (χ3n) is 4.02. The molecule has 20 heavy (non-hydrogen) atoms. The van der Waals surface area contributed by atoms with Crippen LogP contribution in [-0.2, 0) is 5.54 Å². The summed E-state index contributed by atoms with van der Waals surface area (Å²) < 4.78 is 37.5. The van der Waals surface area contributed by atoms with Crippen molar-refractivity contribution in [3.05, 3.63) is 23.3 Å². The molecule has 0 spiro atoms. The number of nitrogens with two attached hydrogens (primary N) is 1. The van der Waals surface area contributed by atoms with Gasteiger partial charge in [-0.1, -0.05) is 0 Å². The lowest BCUT2D eigenvalue weighted by Crippen LogP contribution is -2.44. The van der Waals surface area contributed by atoms with E-state index in [1.165, 1.54) is 0 Å². The van der Waals surface area contributed by atoms with Gasteiger partial charge < -0.3 is 15.2 Å². The Morgan fingerprint density at radius 2 is 1.45 bits per heavy atom. The number of rotatable bonds is 3. The molecule has 2 rings (SSSR count). The number of ether oxygens (including phenoxy) is 2. The van der Waals surface area contributed by atoms with E-state index in [2.05, 4.69) is 0 Å². The van der Waals surface area contributed by atoms with Gasteiger partial charge in [-0.3, -0.25) is 0 Å².